The van der Waals surface area contributed by atoms with Crippen molar-refractivity contribution in [2.24, 2.45) is 0 Å². The van der Waals surface area contributed by atoms with Crippen LogP contribution in [0, 0.1) is 11.3 Å². The van der Waals surface area contributed by atoms with Crippen LogP contribution in [0.5, 0.6) is 5.88 Å². The van der Waals surface area contributed by atoms with E-state index < -0.39 is 18.5 Å². The number of nitrogens with one attached hydrogen (secondary N) is 1. The summed E-state index contributed by atoms with van der Waals surface area (Å²) in [5.74, 6) is -1.02. The molecule has 0 aliphatic carbocycles. The monoisotopic (exact) mass is 325 g/mol. The zero-order valence-electron chi connectivity index (χ0n) is 13.0. The maximum atomic E-state index is 12.0. The molecule has 0 atom stereocenters. The fourth-order valence-electron chi connectivity index (χ4n) is 1.83. The Morgan fingerprint density at radius 3 is 2.67 bits per heavy atom. The molecule has 2 rings (SSSR count). The number of rotatable bonds is 6. The Bertz CT molecular complexity index is 766. The Hall–Kier alpha value is -3.40. The number of amides is 1. The Labute approximate surface area is 138 Å². The summed E-state index contributed by atoms with van der Waals surface area (Å²) < 4.78 is 10.2. The summed E-state index contributed by atoms with van der Waals surface area (Å²) in [6.45, 7) is 1.69. The van der Waals surface area contributed by atoms with Crippen LogP contribution in [0.15, 0.2) is 42.6 Å². The molecular formula is C17H15N3O4. The number of benzene rings is 1. The van der Waals surface area contributed by atoms with E-state index in [2.05, 4.69) is 10.3 Å². The molecule has 24 heavy (non-hydrogen) atoms. The average Bonchev–Trinajstić information content (AvgIpc) is 2.61. The first kappa shape index (κ1) is 17.0. The predicted octanol–water partition coefficient (Wildman–Crippen LogP) is 2.15. The van der Waals surface area contributed by atoms with Crippen molar-refractivity contribution in [2.45, 2.75) is 6.92 Å². The van der Waals surface area contributed by atoms with Gasteiger partial charge in [-0.2, -0.15) is 5.26 Å². The van der Waals surface area contributed by atoms with Gasteiger partial charge in [-0.1, -0.05) is 0 Å². The number of carbonyl (C=O) groups excluding carboxylic acids is 2. The molecule has 0 saturated carbocycles. The van der Waals surface area contributed by atoms with Crippen LogP contribution in [0.4, 0.5) is 5.69 Å². The Kier molecular flexibility index (Phi) is 5.86. The number of hydrogen-bond donors (Lipinski definition) is 1. The van der Waals surface area contributed by atoms with Crippen molar-refractivity contribution in [3.8, 4) is 11.9 Å². The standard InChI is InChI=1S/C17H15N3O4/c1-2-23-16-14(4-3-9-19-16)17(22)24-11-15(21)20-13-7-5-12(10-18)6-8-13/h3-9H,2,11H2,1H3,(H,20,21). The molecule has 0 fully saturated rings. The van der Waals surface area contributed by atoms with E-state index in [1.54, 1.807) is 37.3 Å². The summed E-state index contributed by atoms with van der Waals surface area (Å²) in [6, 6.07) is 11.4. The number of aromatic nitrogens is 1. The molecule has 1 amide bonds. The van der Waals surface area contributed by atoms with Crippen molar-refractivity contribution in [3.05, 3.63) is 53.7 Å². The largest absolute Gasteiger partial charge is 0.477 e. The van der Waals surface area contributed by atoms with Crippen LogP contribution >= 0.6 is 0 Å². The van der Waals surface area contributed by atoms with Gasteiger partial charge in [0.15, 0.2) is 6.61 Å². The van der Waals surface area contributed by atoms with E-state index in [1.807, 2.05) is 6.07 Å². The molecule has 2 aromatic rings. The van der Waals surface area contributed by atoms with Gasteiger partial charge in [-0.15, -0.1) is 0 Å². The number of ether oxygens (including phenoxy) is 2. The first-order valence-electron chi connectivity index (χ1n) is 7.19. The van der Waals surface area contributed by atoms with E-state index in [0.717, 1.165) is 0 Å². The molecule has 1 N–H and O–H groups in total. The number of nitrogens with zero attached hydrogens (tertiary/aromatic N) is 2. The minimum Gasteiger partial charge on any atom is -0.477 e. The van der Waals surface area contributed by atoms with Crippen LogP contribution in [-0.2, 0) is 9.53 Å². The second kappa shape index (κ2) is 8.29. The summed E-state index contributed by atoms with van der Waals surface area (Å²) in [6.07, 6.45) is 1.50. The van der Waals surface area contributed by atoms with Gasteiger partial charge in [-0.25, -0.2) is 9.78 Å². The van der Waals surface area contributed by atoms with Gasteiger partial charge in [0, 0.05) is 11.9 Å². The highest BCUT2D eigenvalue weighted by Gasteiger charge is 2.16. The topological polar surface area (TPSA) is 101 Å². The number of nitriles is 1. The smallest absolute Gasteiger partial charge is 0.344 e. The summed E-state index contributed by atoms with van der Waals surface area (Å²) in [4.78, 5) is 27.8. The highest BCUT2D eigenvalue weighted by molar-refractivity contribution is 5.96. The third-order valence-electron chi connectivity index (χ3n) is 2.90. The van der Waals surface area contributed by atoms with E-state index in [0.29, 0.717) is 17.9 Å². The molecule has 0 bridgehead atoms. The first-order valence-corrected chi connectivity index (χ1v) is 7.19. The summed E-state index contributed by atoms with van der Waals surface area (Å²) in [5.41, 5.74) is 1.15. The van der Waals surface area contributed by atoms with Gasteiger partial charge in [0.2, 0.25) is 5.88 Å². The number of hydrogen-bond acceptors (Lipinski definition) is 6. The third kappa shape index (κ3) is 4.55. The fourth-order valence-corrected chi connectivity index (χ4v) is 1.83. The van der Waals surface area contributed by atoms with Crippen molar-refractivity contribution in [3.63, 3.8) is 0 Å². The van der Waals surface area contributed by atoms with E-state index in [-0.39, 0.29) is 11.4 Å². The van der Waals surface area contributed by atoms with E-state index in [1.165, 1.54) is 12.3 Å². The maximum absolute atomic E-state index is 12.0. The summed E-state index contributed by atoms with van der Waals surface area (Å²) in [5, 5.41) is 11.3. The van der Waals surface area contributed by atoms with Crippen molar-refractivity contribution in [2.75, 3.05) is 18.5 Å². The molecule has 0 saturated heterocycles. The van der Waals surface area contributed by atoms with Crippen LogP contribution in [0.2, 0.25) is 0 Å². The average molecular weight is 325 g/mol. The zero-order chi connectivity index (χ0) is 17.4. The zero-order valence-corrected chi connectivity index (χ0v) is 13.0. The highest BCUT2D eigenvalue weighted by Crippen LogP contribution is 2.15. The molecule has 0 spiro atoms. The lowest BCUT2D eigenvalue weighted by Crippen LogP contribution is -2.21. The molecule has 0 aliphatic heterocycles. The molecule has 0 radical (unpaired) electrons. The summed E-state index contributed by atoms with van der Waals surface area (Å²) in [7, 11) is 0. The third-order valence-corrected chi connectivity index (χ3v) is 2.90. The lowest BCUT2D eigenvalue weighted by Gasteiger charge is -2.09. The van der Waals surface area contributed by atoms with Crippen molar-refractivity contribution in [1.29, 1.82) is 5.26 Å². The van der Waals surface area contributed by atoms with Crippen LogP contribution < -0.4 is 10.1 Å². The van der Waals surface area contributed by atoms with Crippen molar-refractivity contribution in [1.82, 2.24) is 4.98 Å². The molecule has 1 heterocycles. The lowest BCUT2D eigenvalue weighted by atomic mass is 10.2. The summed E-state index contributed by atoms with van der Waals surface area (Å²) >= 11 is 0. The molecule has 7 nitrogen and oxygen atoms in total. The van der Waals surface area contributed by atoms with Gasteiger partial charge in [-0.3, -0.25) is 4.79 Å². The lowest BCUT2D eigenvalue weighted by molar-refractivity contribution is -0.119. The Morgan fingerprint density at radius 1 is 1.25 bits per heavy atom. The van der Waals surface area contributed by atoms with E-state index in [4.69, 9.17) is 14.7 Å². The maximum Gasteiger partial charge on any atom is 0.344 e. The minimum atomic E-state index is -0.693. The van der Waals surface area contributed by atoms with Gasteiger partial charge in [0.05, 0.1) is 18.2 Å². The molecule has 0 aliphatic rings. The van der Waals surface area contributed by atoms with Crippen LogP contribution in [0.3, 0.4) is 0 Å². The van der Waals surface area contributed by atoms with Gasteiger partial charge in [0.1, 0.15) is 5.56 Å². The SMILES string of the molecule is CCOc1ncccc1C(=O)OCC(=O)Nc1ccc(C#N)cc1. The minimum absolute atomic E-state index is 0.158. The fraction of sp³-hybridized carbons (Fsp3) is 0.176. The molecule has 7 heteroatoms. The van der Waals surface area contributed by atoms with Crippen LogP contribution in [-0.4, -0.2) is 30.1 Å². The highest BCUT2D eigenvalue weighted by atomic mass is 16.5. The molecule has 0 unspecified atom stereocenters. The molecule has 1 aromatic carbocycles. The normalized spacial score (nSPS) is 9.67. The van der Waals surface area contributed by atoms with Gasteiger partial charge >= 0.3 is 5.97 Å². The van der Waals surface area contributed by atoms with Crippen molar-refractivity contribution < 1.29 is 19.1 Å². The molecule has 122 valence electrons. The van der Waals surface area contributed by atoms with Crippen molar-refractivity contribution >= 4 is 17.6 Å². The number of pyridine rings is 1. The van der Waals surface area contributed by atoms with E-state index >= 15 is 0 Å². The number of anilines is 1. The second-order valence-electron chi connectivity index (χ2n) is 4.60. The first-order chi connectivity index (χ1) is 11.6. The Morgan fingerprint density at radius 2 is 2.00 bits per heavy atom. The molecule has 1 aromatic heterocycles. The van der Waals surface area contributed by atoms with Crippen LogP contribution in [0.1, 0.15) is 22.8 Å². The quantitative estimate of drug-likeness (QED) is 0.817. The molecular weight excluding hydrogens is 310 g/mol. The number of esters is 1. The van der Waals surface area contributed by atoms with Gasteiger partial charge in [-0.05, 0) is 43.3 Å². The van der Waals surface area contributed by atoms with E-state index in [9.17, 15) is 9.59 Å². The predicted molar refractivity (Wildman–Crippen MR) is 85.5 cm³/mol. The van der Waals surface area contributed by atoms with Crippen LogP contribution in [0.25, 0.3) is 0 Å². The van der Waals surface area contributed by atoms with Gasteiger partial charge < -0.3 is 14.8 Å². The Balaban J connectivity index is 1.91. The second-order valence-corrected chi connectivity index (χ2v) is 4.60. The van der Waals surface area contributed by atoms with Gasteiger partial charge in [0.25, 0.3) is 5.91 Å². The number of carbonyl (C=O) groups is 2.